The molecule has 2 fully saturated rings. The summed E-state index contributed by atoms with van der Waals surface area (Å²) in [5.41, 5.74) is 0. The SMILES string of the molecule is CN(C)C1CCCN(C(=O)NCc2nc(C3CC3)n[nH]2)C1. The molecule has 2 aliphatic rings. The molecule has 2 amide bonds. The zero-order valence-corrected chi connectivity index (χ0v) is 12.8. The van der Waals surface area contributed by atoms with E-state index in [0.29, 0.717) is 18.5 Å². The number of piperidine rings is 1. The number of carbonyl (C=O) groups excluding carboxylic acids is 1. The number of nitrogens with zero attached hydrogens (tertiary/aromatic N) is 4. The average molecular weight is 292 g/mol. The van der Waals surface area contributed by atoms with Crippen LogP contribution in [0.3, 0.4) is 0 Å². The standard InChI is InChI=1S/C14H24N6O/c1-19(2)11-4-3-7-20(9-11)14(21)15-8-12-16-13(18-17-12)10-5-6-10/h10-11H,3-9H2,1-2H3,(H,15,21)(H,16,17,18). The Morgan fingerprint density at radius 1 is 1.43 bits per heavy atom. The van der Waals surface area contributed by atoms with Crippen molar-refractivity contribution in [3.05, 3.63) is 11.6 Å². The number of rotatable bonds is 4. The largest absolute Gasteiger partial charge is 0.331 e. The minimum Gasteiger partial charge on any atom is -0.331 e. The maximum absolute atomic E-state index is 12.2. The number of amides is 2. The highest BCUT2D eigenvalue weighted by atomic mass is 16.2. The Kier molecular flexibility index (Phi) is 4.10. The van der Waals surface area contributed by atoms with Gasteiger partial charge >= 0.3 is 6.03 Å². The summed E-state index contributed by atoms with van der Waals surface area (Å²) in [5, 5.41) is 10.0. The molecule has 1 atom stereocenters. The summed E-state index contributed by atoms with van der Waals surface area (Å²) >= 11 is 0. The summed E-state index contributed by atoms with van der Waals surface area (Å²) in [6.07, 6.45) is 4.58. The first-order valence-electron chi connectivity index (χ1n) is 7.74. The van der Waals surface area contributed by atoms with Crippen LogP contribution in [0.25, 0.3) is 0 Å². The Morgan fingerprint density at radius 2 is 2.24 bits per heavy atom. The summed E-state index contributed by atoms with van der Waals surface area (Å²) in [7, 11) is 4.14. The minimum atomic E-state index is -0.00841. The van der Waals surface area contributed by atoms with E-state index >= 15 is 0 Å². The maximum Gasteiger partial charge on any atom is 0.317 e. The first-order valence-corrected chi connectivity index (χ1v) is 7.74. The highest BCUT2D eigenvalue weighted by Gasteiger charge is 2.28. The first-order chi connectivity index (χ1) is 10.1. The predicted octanol–water partition coefficient (Wildman–Crippen LogP) is 0.918. The molecule has 0 aromatic carbocycles. The van der Waals surface area contributed by atoms with Gasteiger partial charge in [-0.15, -0.1) is 0 Å². The van der Waals surface area contributed by atoms with E-state index in [4.69, 9.17) is 0 Å². The summed E-state index contributed by atoms with van der Waals surface area (Å²) in [6, 6.07) is 0.446. The van der Waals surface area contributed by atoms with Gasteiger partial charge < -0.3 is 15.1 Å². The number of aromatic nitrogens is 3. The number of urea groups is 1. The molecule has 3 rings (SSSR count). The molecule has 1 saturated carbocycles. The van der Waals surface area contributed by atoms with E-state index in [2.05, 4.69) is 39.5 Å². The number of carbonyl (C=O) groups is 1. The molecular weight excluding hydrogens is 268 g/mol. The third kappa shape index (κ3) is 3.53. The van der Waals surface area contributed by atoms with Crippen LogP contribution in [-0.4, -0.2) is 64.2 Å². The van der Waals surface area contributed by atoms with E-state index in [9.17, 15) is 4.79 Å². The van der Waals surface area contributed by atoms with Crippen molar-refractivity contribution in [1.82, 2.24) is 30.3 Å². The highest BCUT2D eigenvalue weighted by molar-refractivity contribution is 5.74. The Bertz CT molecular complexity index is 495. The van der Waals surface area contributed by atoms with Crippen molar-refractivity contribution in [2.75, 3.05) is 27.2 Å². The number of likely N-dealkylation sites (N-methyl/N-ethyl adjacent to an activating group) is 1. The molecule has 0 radical (unpaired) electrons. The summed E-state index contributed by atoms with van der Waals surface area (Å²) in [5.74, 6) is 2.17. The number of nitrogens with one attached hydrogen (secondary N) is 2. The molecule has 2 heterocycles. The van der Waals surface area contributed by atoms with Gasteiger partial charge in [-0.25, -0.2) is 9.78 Å². The van der Waals surface area contributed by atoms with Gasteiger partial charge in [-0.3, -0.25) is 5.10 Å². The summed E-state index contributed by atoms with van der Waals surface area (Å²) in [6.45, 7) is 2.05. The van der Waals surface area contributed by atoms with Crippen LogP contribution < -0.4 is 5.32 Å². The van der Waals surface area contributed by atoms with E-state index < -0.39 is 0 Å². The van der Waals surface area contributed by atoms with Gasteiger partial charge in [0, 0.05) is 25.0 Å². The third-order valence-corrected chi connectivity index (χ3v) is 4.31. The van der Waals surface area contributed by atoms with E-state index in [-0.39, 0.29) is 6.03 Å². The van der Waals surface area contributed by atoms with Crippen LogP contribution >= 0.6 is 0 Å². The molecule has 1 aliphatic carbocycles. The monoisotopic (exact) mass is 292 g/mol. The van der Waals surface area contributed by atoms with Crippen molar-refractivity contribution in [1.29, 1.82) is 0 Å². The summed E-state index contributed by atoms with van der Waals surface area (Å²) in [4.78, 5) is 20.7. The van der Waals surface area contributed by atoms with Crippen LogP contribution in [0.15, 0.2) is 0 Å². The lowest BCUT2D eigenvalue weighted by Gasteiger charge is -2.36. The van der Waals surface area contributed by atoms with Crippen LogP contribution in [0.2, 0.25) is 0 Å². The van der Waals surface area contributed by atoms with Gasteiger partial charge in [0.25, 0.3) is 0 Å². The summed E-state index contributed by atoms with van der Waals surface area (Å²) < 4.78 is 0. The molecule has 1 aliphatic heterocycles. The molecule has 2 N–H and O–H groups in total. The van der Waals surface area contributed by atoms with Crippen molar-refractivity contribution >= 4 is 6.03 Å². The van der Waals surface area contributed by atoms with Gasteiger partial charge in [-0.1, -0.05) is 0 Å². The molecule has 0 spiro atoms. The maximum atomic E-state index is 12.2. The van der Waals surface area contributed by atoms with Crippen molar-refractivity contribution in [3.8, 4) is 0 Å². The van der Waals surface area contributed by atoms with Gasteiger partial charge in [0.1, 0.15) is 5.82 Å². The lowest BCUT2D eigenvalue weighted by molar-refractivity contribution is 0.139. The Morgan fingerprint density at radius 3 is 2.95 bits per heavy atom. The second-order valence-electron chi connectivity index (χ2n) is 6.28. The first kappa shape index (κ1) is 14.3. The number of hydrogen-bond acceptors (Lipinski definition) is 4. The van der Waals surface area contributed by atoms with E-state index in [0.717, 1.165) is 37.6 Å². The number of aromatic amines is 1. The van der Waals surface area contributed by atoms with E-state index in [1.54, 1.807) is 0 Å². The fraction of sp³-hybridized carbons (Fsp3) is 0.786. The Balaban J connectivity index is 1.48. The molecule has 1 aromatic rings. The molecule has 7 heteroatoms. The van der Waals surface area contributed by atoms with Gasteiger partial charge in [-0.2, -0.15) is 5.10 Å². The van der Waals surface area contributed by atoms with Crippen molar-refractivity contribution in [2.45, 2.75) is 44.2 Å². The second kappa shape index (κ2) is 6.01. The molecular formula is C14H24N6O. The zero-order chi connectivity index (χ0) is 14.8. The molecule has 0 bridgehead atoms. The lowest BCUT2D eigenvalue weighted by Crippen LogP contribution is -2.50. The van der Waals surface area contributed by atoms with Crippen LogP contribution in [0, 0.1) is 0 Å². The van der Waals surface area contributed by atoms with Crippen molar-refractivity contribution in [2.24, 2.45) is 0 Å². The predicted molar refractivity (Wildman–Crippen MR) is 78.9 cm³/mol. The van der Waals surface area contributed by atoms with Crippen LogP contribution in [0.1, 0.15) is 43.3 Å². The van der Waals surface area contributed by atoms with E-state index in [1.165, 1.54) is 12.8 Å². The van der Waals surface area contributed by atoms with Crippen molar-refractivity contribution < 1.29 is 4.79 Å². The van der Waals surface area contributed by atoms with E-state index in [1.807, 2.05) is 4.90 Å². The van der Waals surface area contributed by atoms with Gasteiger partial charge in [0.2, 0.25) is 0 Å². The van der Waals surface area contributed by atoms with Crippen LogP contribution in [0.5, 0.6) is 0 Å². The average Bonchev–Trinajstić information content (AvgIpc) is 3.24. The lowest BCUT2D eigenvalue weighted by atomic mass is 10.1. The molecule has 7 nitrogen and oxygen atoms in total. The van der Waals surface area contributed by atoms with Gasteiger partial charge in [-0.05, 0) is 39.8 Å². The highest BCUT2D eigenvalue weighted by Crippen LogP contribution is 2.37. The molecule has 1 unspecified atom stereocenters. The van der Waals surface area contributed by atoms with Gasteiger partial charge in [0.05, 0.1) is 6.54 Å². The number of hydrogen-bond donors (Lipinski definition) is 2. The molecule has 116 valence electrons. The fourth-order valence-electron chi connectivity index (χ4n) is 2.75. The quantitative estimate of drug-likeness (QED) is 0.865. The fourth-order valence-corrected chi connectivity index (χ4v) is 2.75. The third-order valence-electron chi connectivity index (χ3n) is 4.31. The minimum absolute atomic E-state index is 0.00841. The molecule has 1 aromatic heterocycles. The van der Waals surface area contributed by atoms with Gasteiger partial charge in [0.15, 0.2) is 5.82 Å². The second-order valence-corrected chi connectivity index (χ2v) is 6.28. The van der Waals surface area contributed by atoms with Crippen LogP contribution in [-0.2, 0) is 6.54 Å². The Hall–Kier alpha value is -1.63. The smallest absolute Gasteiger partial charge is 0.317 e. The Labute approximate surface area is 125 Å². The topological polar surface area (TPSA) is 77.2 Å². The van der Waals surface area contributed by atoms with Crippen molar-refractivity contribution in [3.63, 3.8) is 0 Å². The zero-order valence-electron chi connectivity index (χ0n) is 12.8. The molecule has 1 saturated heterocycles. The number of H-pyrrole nitrogens is 1. The molecule has 21 heavy (non-hydrogen) atoms. The number of likely N-dealkylation sites (tertiary alicyclic amines) is 1. The van der Waals surface area contributed by atoms with Crippen LogP contribution in [0.4, 0.5) is 4.79 Å². The normalized spacial score (nSPS) is 22.6.